The summed E-state index contributed by atoms with van der Waals surface area (Å²) >= 11 is 0. The van der Waals surface area contributed by atoms with E-state index in [1.54, 1.807) is 0 Å². The second-order valence-corrected chi connectivity index (χ2v) is 2.44. The van der Waals surface area contributed by atoms with Crippen molar-refractivity contribution in [3.8, 4) is 0 Å². The Labute approximate surface area is 64.2 Å². The number of hydrogen-bond acceptors (Lipinski definition) is 5. The molecule has 5 heteroatoms. The largest absolute Gasteiger partial charge is 0.394 e. The van der Waals surface area contributed by atoms with E-state index in [0.29, 0.717) is 0 Å². The number of rotatable bonds is 2. The highest BCUT2D eigenvalue weighted by atomic mass is 16.7. The van der Waals surface area contributed by atoms with Gasteiger partial charge in [0.05, 0.1) is 13.2 Å². The lowest BCUT2D eigenvalue weighted by Crippen LogP contribution is -2.47. The minimum absolute atomic E-state index is 0.0544. The van der Waals surface area contributed by atoms with Crippen LogP contribution in [0.2, 0.25) is 0 Å². The van der Waals surface area contributed by atoms with Crippen molar-refractivity contribution in [1.29, 1.82) is 0 Å². The lowest BCUT2D eigenvalue weighted by molar-refractivity contribution is -0.223. The summed E-state index contributed by atoms with van der Waals surface area (Å²) < 4.78 is 9.60. The molecule has 11 heavy (non-hydrogen) atoms. The molecule has 0 aromatic rings. The Morgan fingerprint density at radius 1 is 1.55 bits per heavy atom. The van der Waals surface area contributed by atoms with Gasteiger partial charge in [0.25, 0.3) is 0 Å². The summed E-state index contributed by atoms with van der Waals surface area (Å²) in [5.41, 5.74) is 0. The number of hydrogen-bond donors (Lipinski definition) is 3. The van der Waals surface area contributed by atoms with Crippen LogP contribution in [0.4, 0.5) is 0 Å². The molecule has 5 nitrogen and oxygen atoms in total. The molecule has 0 aromatic heterocycles. The zero-order valence-corrected chi connectivity index (χ0v) is 6.01. The number of aliphatic hydroxyl groups excluding tert-OH is 3. The quantitative estimate of drug-likeness (QED) is 0.443. The monoisotopic (exact) mass is 164 g/mol. The van der Waals surface area contributed by atoms with Crippen molar-refractivity contribution in [2.75, 3.05) is 20.0 Å². The number of aliphatic hydroxyl groups is 3. The summed E-state index contributed by atoms with van der Waals surface area (Å²) in [6, 6.07) is 0. The van der Waals surface area contributed by atoms with Crippen LogP contribution in [0.5, 0.6) is 0 Å². The normalized spacial score (nSPS) is 35.2. The highest BCUT2D eigenvalue weighted by Gasteiger charge is 2.30. The third-order valence-corrected chi connectivity index (χ3v) is 1.58. The number of ether oxygens (including phenoxy) is 2. The molecule has 1 aliphatic rings. The molecule has 3 unspecified atom stereocenters. The molecule has 0 saturated carbocycles. The van der Waals surface area contributed by atoms with Gasteiger partial charge in [0.1, 0.15) is 25.1 Å². The van der Waals surface area contributed by atoms with E-state index in [4.69, 9.17) is 24.8 Å². The molecule has 3 N–H and O–H groups in total. The first-order valence-corrected chi connectivity index (χ1v) is 3.42. The molecule has 0 amide bonds. The summed E-state index contributed by atoms with van der Waals surface area (Å²) in [5, 5.41) is 26.7. The highest BCUT2D eigenvalue weighted by Crippen LogP contribution is 2.10. The van der Waals surface area contributed by atoms with Crippen LogP contribution in [0.25, 0.3) is 0 Å². The first kappa shape index (κ1) is 8.89. The maximum Gasteiger partial charge on any atom is 0.147 e. The van der Waals surface area contributed by atoms with E-state index in [1.807, 2.05) is 0 Å². The third-order valence-electron chi connectivity index (χ3n) is 1.58. The van der Waals surface area contributed by atoms with Gasteiger partial charge in [-0.2, -0.15) is 0 Å². The first-order chi connectivity index (χ1) is 5.25. The van der Waals surface area contributed by atoms with Crippen molar-refractivity contribution < 1.29 is 24.8 Å². The Morgan fingerprint density at radius 3 is 2.82 bits per heavy atom. The minimum Gasteiger partial charge on any atom is -0.394 e. The molecular weight excluding hydrogens is 152 g/mol. The van der Waals surface area contributed by atoms with Gasteiger partial charge < -0.3 is 24.8 Å². The highest BCUT2D eigenvalue weighted by molar-refractivity contribution is 4.77. The van der Waals surface area contributed by atoms with Gasteiger partial charge in [-0.15, -0.1) is 0 Å². The molecule has 0 bridgehead atoms. The van der Waals surface area contributed by atoms with Crippen molar-refractivity contribution in [3.63, 3.8) is 0 Å². The van der Waals surface area contributed by atoms with E-state index in [0.717, 1.165) is 0 Å². The van der Waals surface area contributed by atoms with Crippen LogP contribution in [0.3, 0.4) is 0 Å². The van der Waals surface area contributed by atoms with E-state index in [1.165, 1.54) is 0 Å². The van der Waals surface area contributed by atoms with Crippen LogP contribution >= 0.6 is 0 Å². The third kappa shape index (κ3) is 2.11. The molecular formula is C6H12O5. The van der Waals surface area contributed by atoms with Crippen LogP contribution < -0.4 is 0 Å². The van der Waals surface area contributed by atoms with Crippen molar-refractivity contribution in [2.45, 2.75) is 18.3 Å². The molecule has 3 atom stereocenters. The molecule has 0 radical (unpaired) electrons. The average Bonchev–Trinajstić information content (AvgIpc) is 2.04. The standard InChI is InChI=1S/C6H12O5/c7-1-4(8)6-5(9)2-10-3-11-6/h4-9H,1-3H2. The molecule has 0 aromatic carbocycles. The Balaban J connectivity index is 2.40. The maximum absolute atomic E-state index is 9.15. The average molecular weight is 164 g/mol. The molecule has 0 aliphatic carbocycles. The molecule has 1 heterocycles. The lowest BCUT2D eigenvalue weighted by Gasteiger charge is -2.30. The van der Waals surface area contributed by atoms with Crippen molar-refractivity contribution >= 4 is 0 Å². The summed E-state index contributed by atoms with van der Waals surface area (Å²) in [6.07, 6.45) is -2.62. The van der Waals surface area contributed by atoms with Gasteiger partial charge in [0.2, 0.25) is 0 Å². The van der Waals surface area contributed by atoms with Gasteiger partial charge in [0.15, 0.2) is 0 Å². The van der Waals surface area contributed by atoms with Crippen molar-refractivity contribution in [3.05, 3.63) is 0 Å². The van der Waals surface area contributed by atoms with E-state index in [2.05, 4.69) is 0 Å². The Hall–Kier alpha value is -0.200. The zero-order chi connectivity index (χ0) is 8.27. The summed E-state index contributed by atoms with van der Waals surface area (Å²) in [5.74, 6) is 0. The molecule has 1 fully saturated rings. The van der Waals surface area contributed by atoms with Crippen LogP contribution in [0.15, 0.2) is 0 Å². The molecule has 1 rings (SSSR count). The Morgan fingerprint density at radius 2 is 2.27 bits per heavy atom. The predicted molar refractivity (Wildman–Crippen MR) is 34.8 cm³/mol. The van der Waals surface area contributed by atoms with Crippen LogP contribution in [0.1, 0.15) is 0 Å². The summed E-state index contributed by atoms with van der Waals surface area (Å²) in [4.78, 5) is 0. The van der Waals surface area contributed by atoms with Crippen molar-refractivity contribution in [1.82, 2.24) is 0 Å². The van der Waals surface area contributed by atoms with Gasteiger partial charge in [-0.3, -0.25) is 0 Å². The smallest absolute Gasteiger partial charge is 0.147 e. The first-order valence-electron chi connectivity index (χ1n) is 3.42. The summed E-state index contributed by atoms with van der Waals surface area (Å²) in [6.45, 7) is -0.220. The minimum atomic E-state index is -1.03. The van der Waals surface area contributed by atoms with E-state index >= 15 is 0 Å². The zero-order valence-electron chi connectivity index (χ0n) is 6.01. The van der Waals surface area contributed by atoms with Gasteiger partial charge in [-0.1, -0.05) is 0 Å². The fraction of sp³-hybridized carbons (Fsp3) is 1.00. The van der Waals surface area contributed by atoms with Gasteiger partial charge in [-0.05, 0) is 0 Å². The summed E-state index contributed by atoms with van der Waals surface area (Å²) in [7, 11) is 0. The topological polar surface area (TPSA) is 79.2 Å². The second kappa shape index (κ2) is 3.99. The van der Waals surface area contributed by atoms with Crippen LogP contribution in [0, 0.1) is 0 Å². The molecule has 0 spiro atoms. The predicted octanol–water partition coefficient (Wildman–Crippen LogP) is -1.93. The van der Waals surface area contributed by atoms with Gasteiger partial charge >= 0.3 is 0 Å². The second-order valence-electron chi connectivity index (χ2n) is 2.44. The van der Waals surface area contributed by atoms with Gasteiger partial charge in [-0.25, -0.2) is 0 Å². The van der Waals surface area contributed by atoms with Crippen molar-refractivity contribution in [2.24, 2.45) is 0 Å². The van der Waals surface area contributed by atoms with Gasteiger partial charge in [0, 0.05) is 0 Å². The van der Waals surface area contributed by atoms with Crippen LogP contribution in [-0.2, 0) is 9.47 Å². The fourth-order valence-corrected chi connectivity index (χ4v) is 0.973. The van der Waals surface area contributed by atoms with Crippen LogP contribution in [-0.4, -0.2) is 53.6 Å². The Bertz CT molecular complexity index is 114. The van der Waals surface area contributed by atoms with E-state index in [9.17, 15) is 0 Å². The van der Waals surface area contributed by atoms with E-state index < -0.39 is 24.9 Å². The maximum atomic E-state index is 9.15. The fourth-order valence-electron chi connectivity index (χ4n) is 0.973. The SMILES string of the molecule is OCC(O)C1OCOCC1O. The molecule has 66 valence electrons. The lowest BCUT2D eigenvalue weighted by atomic mass is 10.1. The molecule has 1 aliphatic heterocycles. The molecule has 1 saturated heterocycles. The van der Waals surface area contributed by atoms with E-state index in [-0.39, 0.29) is 13.4 Å². The Kier molecular flexibility index (Phi) is 3.22.